The Morgan fingerprint density at radius 2 is 2.28 bits per heavy atom. The average Bonchev–Trinajstić information content (AvgIpc) is 3.26. The Balaban J connectivity index is 1.47. The zero-order chi connectivity index (χ0) is 17.6. The molecular formula is C17H24N4O2S2. The Hall–Kier alpha value is -1.54. The number of nitrogens with one attached hydrogen (secondary N) is 2. The van der Waals surface area contributed by atoms with Crippen LogP contribution in [0.25, 0.3) is 0 Å². The number of anilines is 1. The van der Waals surface area contributed by atoms with Crippen molar-refractivity contribution in [2.45, 2.75) is 61.7 Å². The van der Waals surface area contributed by atoms with E-state index in [2.05, 4.69) is 27.8 Å². The smallest absolute Gasteiger partial charge is 0.233 e. The minimum atomic E-state index is -0.181. The third-order valence-electron chi connectivity index (χ3n) is 4.49. The van der Waals surface area contributed by atoms with Crippen LogP contribution in [0.1, 0.15) is 45.3 Å². The first-order valence-electron chi connectivity index (χ1n) is 8.68. The van der Waals surface area contributed by atoms with Crippen molar-refractivity contribution < 1.29 is 9.21 Å². The second-order valence-corrected chi connectivity index (χ2v) is 9.01. The van der Waals surface area contributed by atoms with Crippen LogP contribution < -0.4 is 10.6 Å². The third kappa shape index (κ3) is 5.22. The summed E-state index contributed by atoms with van der Waals surface area (Å²) in [5.74, 6) is 1.50. The van der Waals surface area contributed by atoms with E-state index in [0.717, 1.165) is 21.7 Å². The first-order chi connectivity index (χ1) is 12.1. The van der Waals surface area contributed by atoms with Crippen LogP contribution in [0.15, 0.2) is 27.2 Å². The molecule has 1 fully saturated rings. The van der Waals surface area contributed by atoms with Gasteiger partial charge in [0, 0.05) is 6.04 Å². The molecule has 0 spiro atoms. The number of furan rings is 1. The van der Waals surface area contributed by atoms with Crippen molar-refractivity contribution in [3.8, 4) is 0 Å². The van der Waals surface area contributed by atoms with Gasteiger partial charge in [-0.3, -0.25) is 4.79 Å². The second kappa shape index (κ2) is 8.71. The van der Waals surface area contributed by atoms with Crippen LogP contribution in [-0.4, -0.2) is 27.4 Å². The highest BCUT2D eigenvalue weighted by atomic mass is 32.2. The number of nitrogens with zero attached hydrogens (tertiary/aromatic N) is 2. The van der Waals surface area contributed by atoms with E-state index in [0.29, 0.717) is 18.5 Å². The van der Waals surface area contributed by atoms with Gasteiger partial charge in [0.25, 0.3) is 0 Å². The van der Waals surface area contributed by atoms with Crippen molar-refractivity contribution in [1.82, 2.24) is 15.5 Å². The van der Waals surface area contributed by atoms with Crippen molar-refractivity contribution in [2.75, 3.05) is 5.32 Å². The highest BCUT2D eigenvalue weighted by Crippen LogP contribution is 2.30. The van der Waals surface area contributed by atoms with Crippen LogP contribution >= 0.6 is 23.1 Å². The van der Waals surface area contributed by atoms with E-state index in [9.17, 15) is 4.79 Å². The number of hydrogen-bond donors (Lipinski definition) is 2. The fourth-order valence-electron chi connectivity index (χ4n) is 2.94. The fraction of sp³-hybridized carbons (Fsp3) is 0.588. The van der Waals surface area contributed by atoms with E-state index < -0.39 is 0 Å². The van der Waals surface area contributed by atoms with Crippen LogP contribution in [0.2, 0.25) is 0 Å². The van der Waals surface area contributed by atoms with Crippen molar-refractivity contribution in [1.29, 1.82) is 0 Å². The number of amides is 1. The van der Waals surface area contributed by atoms with Crippen LogP contribution in [0.3, 0.4) is 0 Å². The summed E-state index contributed by atoms with van der Waals surface area (Å²) >= 11 is 2.91. The maximum atomic E-state index is 12.4. The molecule has 1 amide bonds. The van der Waals surface area contributed by atoms with Gasteiger partial charge >= 0.3 is 0 Å². The molecule has 3 rings (SSSR count). The molecule has 6 nitrogen and oxygen atoms in total. The SMILES string of the molecule is CC(Sc1nnc(NCc2ccco2)s1)C(=O)NC1CCCCC1C. The molecule has 1 aliphatic rings. The fourth-order valence-corrected chi connectivity index (χ4v) is 4.84. The third-order valence-corrected chi connectivity index (χ3v) is 6.55. The molecule has 8 heteroatoms. The van der Waals surface area contributed by atoms with Gasteiger partial charge in [0.2, 0.25) is 11.0 Å². The Kier molecular flexibility index (Phi) is 6.36. The maximum absolute atomic E-state index is 12.4. The van der Waals surface area contributed by atoms with Gasteiger partial charge in [-0.2, -0.15) is 0 Å². The molecule has 2 N–H and O–H groups in total. The van der Waals surface area contributed by atoms with Crippen LogP contribution in [0, 0.1) is 5.92 Å². The van der Waals surface area contributed by atoms with E-state index in [-0.39, 0.29) is 11.2 Å². The lowest BCUT2D eigenvalue weighted by Crippen LogP contribution is -2.44. The van der Waals surface area contributed by atoms with Crippen molar-refractivity contribution in [3.05, 3.63) is 24.2 Å². The Morgan fingerprint density at radius 1 is 1.44 bits per heavy atom. The maximum Gasteiger partial charge on any atom is 0.233 e. The quantitative estimate of drug-likeness (QED) is 0.709. The molecule has 0 saturated heterocycles. The van der Waals surface area contributed by atoms with E-state index in [1.807, 2.05) is 19.1 Å². The molecule has 25 heavy (non-hydrogen) atoms. The number of thioether (sulfide) groups is 1. The number of carbonyl (C=O) groups excluding carboxylic acids is 1. The lowest BCUT2D eigenvalue weighted by molar-refractivity contribution is -0.121. The molecule has 136 valence electrons. The van der Waals surface area contributed by atoms with Crippen LogP contribution in [0.5, 0.6) is 0 Å². The molecule has 3 atom stereocenters. The van der Waals surface area contributed by atoms with Crippen molar-refractivity contribution in [2.24, 2.45) is 5.92 Å². The topological polar surface area (TPSA) is 80.1 Å². The van der Waals surface area contributed by atoms with Gasteiger partial charge in [0.15, 0.2) is 4.34 Å². The molecule has 0 aliphatic heterocycles. The summed E-state index contributed by atoms with van der Waals surface area (Å²) in [6, 6.07) is 4.07. The number of rotatable bonds is 7. The molecule has 0 aromatic carbocycles. The van der Waals surface area contributed by atoms with Gasteiger partial charge in [-0.1, -0.05) is 42.9 Å². The average molecular weight is 381 g/mol. The lowest BCUT2D eigenvalue weighted by atomic mass is 9.86. The molecule has 2 aromatic rings. The first kappa shape index (κ1) is 18.3. The summed E-state index contributed by atoms with van der Waals surface area (Å²) in [5, 5.41) is 15.2. The summed E-state index contributed by atoms with van der Waals surface area (Å²) in [4.78, 5) is 12.4. The summed E-state index contributed by atoms with van der Waals surface area (Å²) in [5.41, 5.74) is 0. The van der Waals surface area contributed by atoms with Gasteiger partial charge in [0.1, 0.15) is 5.76 Å². The minimum absolute atomic E-state index is 0.0871. The van der Waals surface area contributed by atoms with E-state index in [4.69, 9.17) is 4.42 Å². The number of hydrogen-bond acceptors (Lipinski definition) is 7. The Morgan fingerprint density at radius 3 is 3.04 bits per heavy atom. The van der Waals surface area contributed by atoms with Crippen molar-refractivity contribution >= 4 is 34.1 Å². The van der Waals surface area contributed by atoms with Gasteiger partial charge in [-0.15, -0.1) is 10.2 Å². The molecule has 1 aliphatic carbocycles. The zero-order valence-corrected chi connectivity index (χ0v) is 16.2. The van der Waals surface area contributed by atoms with E-state index in [1.54, 1.807) is 6.26 Å². The molecule has 2 heterocycles. The number of aromatic nitrogens is 2. The lowest BCUT2D eigenvalue weighted by Gasteiger charge is -2.30. The molecule has 3 unspecified atom stereocenters. The molecule has 0 bridgehead atoms. The molecule has 1 saturated carbocycles. The first-order valence-corrected chi connectivity index (χ1v) is 10.4. The zero-order valence-electron chi connectivity index (χ0n) is 14.5. The highest BCUT2D eigenvalue weighted by molar-refractivity contribution is 8.02. The molecule has 0 radical (unpaired) electrons. The Labute approximate surface area is 156 Å². The summed E-state index contributed by atoms with van der Waals surface area (Å²) in [6.07, 6.45) is 6.41. The minimum Gasteiger partial charge on any atom is -0.467 e. The second-order valence-electron chi connectivity index (χ2n) is 6.44. The van der Waals surface area contributed by atoms with Crippen LogP contribution in [0.4, 0.5) is 5.13 Å². The van der Waals surface area contributed by atoms with Gasteiger partial charge in [-0.05, 0) is 37.8 Å². The monoisotopic (exact) mass is 380 g/mol. The van der Waals surface area contributed by atoms with Crippen LogP contribution in [-0.2, 0) is 11.3 Å². The summed E-state index contributed by atoms with van der Waals surface area (Å²) in [6.45, 7) is 4.72. The Bertz CT molecular complexity index is 674. The van der Waals surface area contributed by atoms with E-state index >= 15 is 0 Å². The highest BCUT2D eigenvalue weighted by Gasteiger charge is 2.25. The number of carbonyl (C=O) groups is 1. The molecule has 2 aromatic heterocycles. The van der Waals surface area contributed by atoms with Crippen molar-refractivity contribution in [3.63, 3.8) is 0 Å². The van der Waals surface area contributed by atoms with E-state index in [1.165, 1.54) is 42.4 Å². The van der Waals surface area contributed by atoms with Gasteiger partial charge < -0.3 is 15.1 Å². The van der Waals surface area contributed by atoms with Gasteiger partial charge in [0.05, 0.1) is 18.1 Å². The summed E-state index contributed by atoms with van der Waals surface area (Å²) < 4.78 is 6.07. The summed E-state index contributed by atoms with van der Waals surface area (Å²) in [7, 11) is 0. The largest absolute Gasteiger partial charge is 0.467 e. The predicted octanol–water partition coefficient (Wildman–Crippen LogP) is 3.92. The normalized spacial score (nSPS) is 21.7. The molecular weight excluding hydrogens is 356 g/mol. The van der Waals surface area contributed by atoms with Gasteiger partial charge in [-0.25, -0.2) is 0 Å². The predicted molar refractivity (Wildman–Crippen MR) is 101 cm³/mol. The standard InChI is InChI=1S/C17H24N4O2S2/c1-11-6-3-4-8-14(11)19-15(22)12(2)24-17-21-20-16(25-17)18-10-13-7-5-9-23-13/h5,7,9,11-12,14H,3-4,6,8,10H2,1-2H3,(H,18,20)(H,19,22).